The van der Waals surface area contributed by atoms with Crippen molar-refractivity contribution in [3.8, 4) is 5.75 Å². The number of aliphatic imine (C=N–C) groups is 1. The number of aliphatic carboxylic acids is 1. The van der Waals surface area contributed by atoms with Gasteiger partial charge >= 0.3 is 12.1 Å². The minimum absolute atomic E-state index is 0.166. The number of hydrogen-bond donors (Lipinski definition) is 3. The van der Waals surface area contributed by atoms with Crippen molar-refractivity contribution < 1.29 is 24.5 Å². The van der Waals surface area contributed by atoms with Crippen LogP contribution in [0, 0.1) is 0 Å². The van der Waals surface area contributed by atoms with Crippen LogP contribution in [0.4, 0.5) is 4.79 Å². The molecule has 42 heavy (non-hydrogen) atoms. The number of nitrogens with one attached hydrogen (secondary N) is 1. The van der Waals surface area contributed by atoms with Gasteiger partial charge in [-0.1, -0.05) is 18.7 Å². The van der Waals surface area contributed by atoms with Gasteiger partial charge in [0.1, 0.15) is 11.8 Å². The van der Waals surface area contributed by atoms with Crippen molar-refractivity contribution >= 4 is 29.7 Å². The number of aliphatic hydroxyl groups is 1. The number of ether oxygens (including phenoxy) is 1. The number of hydrogen-bond acceptors (Lipinski definition) is 11. The van der Waals surface area contributed by atoms with Crippen LogP contribution in [-0.2, 0) is 11.2 Å². The Kier molecular flexibility index (Phi) is 11.0. The van der Waals surface area contributed by atoms with Gasteiger partial charge in [0.25, 0.3) is 0 Å². The van der Waals surface area contributed by atoms with E-state index in [1.165, 1.54) is 0 Å². The number of carbonyl (C=O) groups is 2. The Morgan fingerprint density at radius 2 is 1.93 bits per heavy atom. The normalized spacial score (nSPS) is 20.4. The second kappa shape index (κ2) is 14.7. The highest BCUT2D eigenvalue weighted by Gasteiger charge is 2.34. The van der Waals surface area contributed by atoms with E-state index < -0.39 is 24.7 Å². The number of carbonyl (C=O) groups excluding carboxylic acids is 1. The summed E-state index contributed by atoms with van der Waals surface area (Å²) < 4.78 is 5.49. The molecule has 3 N–H and O–H groups in total. The molecule has 1 amide bonds. The van der Waals surface area contributed by atoms with Gasteiger partial charge in [-0.3, -0.25) is 4.90 Å². The molecule has 3 aliphatic heterocycles. The van der Waals surface area contributed by atoms with Gasteiger partial charge in [0, 0.05) is 64.0 Å². The number of likely N-dealkylation sites (tertiary alicyclic amines) is 1. The Morgan fingerprint density at radius 3 is 2.50 bits per heavy atom. The topological polar surface area (TPSA) is 124 Å². The maximum Gasteiger partial charge on any atom is 0.415 e. The van der Waals surface area contributed by atoms with Crippen LogP contribution in [0.5, 0.6) is 5.75 Å². The first-order valence-electron chi connectivity index (χ1n) is 14.5. The van der Waals surface area contributed by atoms with E-state index in [1.54, 1.807) is 47.1 Å². The van der Waals surface area contributed by atoms with Crippen molar-refractivity contribution in [2.45, 2.75) is 51.8 Å². The maximum atomic E-state index is 12.5. The van der Waals surface area contributed by atoms with E-state index in [2.05, 4.69) is 11.9 Å². The Bertz CT molecular complexity index is 1150. The smallest absolute Gasteiger partial charge is 0.415 e. The van der Waals surface area contributed by atoms with Crippen molar-refractivity contribution in [1.29, 1.82) is 0 Å². The fraction of sp³-hybridized carbons (Fsp3) is 0.552. The van der Waals surface area contributed by atoms with Crippen LogP contribution in [-0.4, -0.2) is 123 Å². The summed E-state index contributed by atoms with van der Waals surface area (Å²) in [5.41, 5.74) is 1.37. The zero-order valence-corrected chi connectivity index (χ0v) is 25.5. The number of amidine groups is 1. The molecule has 0 aliphatic carbocycles. The summed E-state index contributed by atoms with van der Waals surface area (Å²) in [5, 5.41) is 24.7. The molecule has 2 fully saturated rings. The van der Waals surface area contributed by atoms with Crippen molar-refractivity contribution in [3.05, 3.63) is 54.5 Å². The van der Waals surface area contributed by atoms with Gasteiger partial charge in [-0.15, -0.1) is 11.8 Å². The summed E-state index contributed by atoms with van der Waals surface area (Å²) in [6, 6.07) is 5.89. The molecule has 2 unspecified atom stereocenters. The number of carboxylic acid groups (broad SMARTS) is 1. The zero-order valence-electron chi connectivity index (χ0n) is 24.7. The van der Waals surface area contributed by atoms with Gasteiger partial charge in [-0.25, -0.2) is 14.6 Å². The van der Waals surface area contributed by atoms with Crippen molar-refractivity contribution in [1.82, 2.24) is 29.8 Å². The summed E-state index contributed by atoms with van der Waals surface area (Å²) in [6.07, 6.45) is 4.05. The lowest BCUT2D eigenvalue weighted by Gasteiger charge is -2.42. The first-order valence-corrected chi connectivity index (χ1v) is 15.6. The fourth-order valence-corrected chi connectivity index (χ4v) is 6.22. The standard InChI is InChI=1S/C29H43N7O5S/c1-5-33(6-2)27-31-25(24(19-32(27)4)36(7-3)28(39)35-16-17-42-20-35)30-23(26(37)38)18-21-10-12-22(13-11-21)41-29(40)34-14-8-9-15-34/h5,10-13,19,23,27-28,39H,1,6-9,14-18,20H2,2-4H3,(H,30,31)(H,37,38)/t23-,27?,28?/m0/s1. The first kappa shape index (κ1) is 31.5. The number of aliphatic hydroxyl groups excluding tert-OH is 1. The van der Waals surface area contributed by atoms with Crippen molar-refractivity contribution in [2.24, 2.45) is 4.99 Å². The van der Waals surface area contributed by atoms with Gasteiger partial charge in [0.05, 0.1) is 5.70 Å². The predicted molar refractivity (Wildman–Crippen MR) is 164 cm³/mol. The van der Waals surface area contributed by atoms with Gasteiger partial charge in [0.2, 0.25) is 0 Å². The van der Waals surface area contributed by atoms with E-state index in [9.17, 15) is 19.8 Å². The van der Waals surface area contributed by atoms with E-state index >= 15 is 0 Å². The lowest BCUT2D eigenvalue weighted by atomic mass is 10.1. The van der Waals surface area contributed by atoms with E-state index in [0.29, 0.717) is 49.3 Å². The van der Waals surface area contributed by atoms with Gasteiger partial charge in [-0.05, 0) is 50.6 Å². The summed E-state index contributed by atoms with van der Waals surface area (Å²) in [7, 11) is 1.90. The molecule has 0 spiro atoms. The number of rotatable bonds is 12. The average Bonchev–Trinajstić information content (AvgIpc) is 3.72. The average molecular weight is 602 g/mol. The molecule has 0 aromatic heterocycles. The third-order valence-corrected chi connectivity index (χ3v) is 8.64. The molecule has 4 rings (SSSR count). The quantitative estimate of drug-likeness (QED) is 0.306. The van der Waals surface area contributed by atoms with E-state index in [4.69, 9.17) is 9.73 Å². The number of thioether (sulfide) groups is 1. The van der Waals surface area contributed by atoms with Crippen LogP contribution >= 0.6 is 11.8 Å². The Balaban J connectivity index is 1.54. The van der Waals surface area contributed by atoms with Gasteiger partial charge in [-0.2, -0.15) is 0 Å². The molecule has 230 valence electrons. The largest absolute Gasteiger partial charge is 0.480 e. The molecule has 13 heteroatoms. The Labute approximate surface area is 252 Å². The van der Waals surface area contributed by atoms with Crippen LogP contribution in [0.3, 0.4) is 0 Å². The Morgan fingerprint density at radius 1 is 1.21 bits per heavy atom. The molecule has 0 saturated carbocycles. The molecular weight excluding hydrogens is 558 g/mol. The monoisotopic (exact) mass is 601 g/mol. The number of benzene rings is 1. The highest BCUT2D eigenvalue weighted by molar-refractivity contribution is 7.99. The molecule has 3 aliphatic rings. The number of nitrogens with zero attached hydrogens (tertiary/aromatic N) is 6. The third kappa shape index (κ3) is 7.50. The van der Waals surface area contributed by atoms with E-state index in [-0.39, 0.29) is 12.5 Å². The highest BCUT2D eigenvalue weighted by atomic mass is 32.2. The molecule has 12 nitrogen and oxygen atoms in total. The predicted octanol–water partition coefficient (Wildman–Crippen LogP) is 2.40. The minimum Gasteiger partial charge on any atom is -0.480 e. The molecule has 0 radical (unpaired) electrons. The maximum absolute atomic E-state index is 12.5. The molecule has 2 saturated heterocycles. The number of likely N-dealkylation sites (N-methyl/N-ethyl adjacent to an activating group) is 1. The van der Waals surface area contributed by atoms with Crippen LogP contribution in [0.2, 0.25) is 0 Å². The molecule has 1 aromatic rings. The van der Waals surface area contributed by atoms with Crippen molar-refractivity contribution in [3.63, 3.8) is 0 Å². The molecular formula is C29H43N7O5S. The molecule has 1 aromatic carbocycles. The van der Waals surface area contributed by atoms with Gasteiger partial charge in [0.15, 0.2) is 18.5 Å². The summed E-state index contributed by atoms with van der Waals surface area (Å²) in [4.78, 5) is 39.1. The van der Waals surface area contributed by atoms with Crippen LogP contribution < -0.4 is 10.1 Å². The Hall–Kier alpha value is -3.42. The first-order chi connectivity index (χ1) is 20.2. The second-order valence-corrected chi connectivity index (χ2v) is 11.5. The lowest BCUT2D eigenvalue weighted by molar-refractivity contribution is -0.139. The summed E-state index contributed by atoms with van der Waals surface area (Å²) in [5.74, 6) is 1.42. The van der Waals surface area contributed by atoms with Crippen molar-refractivity contribution in [2.75, 3.05) is 51.4 Å². The minimum atomic E-state index is -1.03. The summed E-state index contributed by atoms with van der Waals surface area (Å²) >= 11 is 1.76. The SMILES string of the molecule is C=CN(CC)C1N=C(N[C@@H](Cc2ccc(OC(=O)N3CCCC3)cc2)C(=O)O)C(N(CC)C(O)N2CCSC2)=CN1C. The highest BCUT2D eigenvalue weighted by Crippen LogP contribution is 2.25. The van der Waals surface area contributed by atoms with Crippen LogP contribution in [0.15, 0.2) is 53.9 Å². The molecule has 0 bridgehead atoms. The molecule has 3 atom stereocenters. The fourth-order valence-electron chi connectivity index (χ4n) is 5.23. The number of amides is 1. The number of carboxylic acids is 1. The van der Waals surface area contributed by atoms with Crippen LogP contribution in [0.1, 0.15) is 32.3 Å². The van der Waals surface area contributed by atoms with E-state index in [0.717, 1.165) is 30.7 Å². The molecule has 3 heterocycles. The zero-order chi connectivity index (χ0) is 30.2. The van der Waals surface area contributed by atoms with Gasteiger partial charge < -0.3 is 39.9 Å². The lowest BCUT2D eigenvalue weighted by Crippen LogP contribution is -2.55. The summed E-state index contributed by atoms with van der Waals surface area (Å²) in [6.45, 7) is 11.2. The third-order valence-electron chi connectivity index (χ3n) is 7.65. The second-order valence-electron chi connectivity index (χ2n) is 10.4. The van der Waals surface area contributed by atoms with Crippen LogP contribution in [0.25, 0.3) is 0 Å². The van der Waals surface area contributed by atoms with E-state index in [1.807, 2.05) is 46.7 Å².